The van der Waals surface area contributed by atoms with E-state index in [1.807, 2.05) is 0 Å². The third-order valence-electron chi connectivity index (χ3n) is 4.15. The van der Waals surface area contributed by atoms with Crippen LogP contribution in [0.2, 0.25) is 0 Å². The zero-order valence-electron chi connectivity index (χ0n) is 10.5. The molecule has 2 saturated carbocycles. The van der Waals surface area contributed by atoms with E-state index < -0.39 is 12.1 Å². The number of amides is 1. The molecule has 2 aliphatic carbocycles. The van der Waals surface area contributed by atoms with Crippen LogP contribution in [0.15, 0.2) is 0 Å². The van der Waals surface area contributed by atoms with E-state index in [4.69, 9.17) is 10.2 Å². The predicted molar refractivity (Wildman–Crippen MR) is 64.8 cm³/mol. The topological polar surface area (TPSA) is 86.6 Å². The van der Waals surface area contributed by atoms with Crippen LogP contribution in [0.4, 0.5) is 0 Å². The number of carboxylic acids is 1. The average Bonchev–Trinajstić information content (AvgIpc) is 3.06. The molecule has 0 spiro atoms. The molecule has 2 fully saturated rings. The van der Waals surface area contributed by atoms with Gasteiger partial charge in [0.15, 0.2) is 6.10 Å². The molecule has 3 N–H and O–H groups in total. The molecule has 5 heteroatoms. The third-order valence-corrected chi connectivity index (χ3v) is 4.15. The van der Waals surface area contributed by atoms with Gasteiger partial charge in [-0.3, -0.25) is 4.79 Å². The summed E-state index contributed by atoms with van der Waals surface area (Å²) >= 11 is 0. The van der Waals surface area contributed by atoms with Crippen LogP contribution in [0.5, 0.6) is 0 Å². The van der Waals surface area contributed by atoms with Crippen molar-refractivity contribution >= 4 is 11.9 Å². The van der Waals surface area contributed by atoms with Crippen molar-refractivity contribution in [1.29, 1.82) is 0 Å². The Hall–Kier alpha value is -1.10. The molecule has 0 aromatic rings. The van der Waals surface area contributed by atoms with Crippen LogP contribution in [0, 0.1) is 17.8 Å². The van der Waals surface area contributed by atoms with Crippen molar-refractivity contribution in [2.45, 2.75) is 44.6 Å². The van der Waals surface area contributed by atoms with E-state index in [1.165, 1.54) is 19.3 Å². The minimum Gasteiger partial charge on any atom is -0.479 e. The number of aliphatic hydroxyl groups excluding tert-OH is 1. The lowest BCUT2D eigenvalue weighted by molar-refractivity contribution is -0.147. The Morgan fingerprint density at radius 1 is 1.22 bits per heavy atom. The molecule has 0 radical (unpaired) electrons. The maximum atomic E-state index is 11.6. The molecule has 4 atom stereocenters. The highest BCUT2D eigenvalue weighted by molar-refractivity contribution is 5.76. The van der Waals surface area contributed by atoms with Gasteiger partial charge in [0.05, 0.1) is 0 Å². The minimum absolute atomic E-state index is 0.0170. The van der Waals surface area contributed by atoms with Gasteiger partial charge in [-0.2, -0.15) is 0 Å². The van der Waals surface area contributed by atoms with Crippen LogP contribution in [-0.2, 0) is 9.59 Å². The Balaban J connectivity index is 1.58. The zero-order valence-corrected chi connectivity index (χ0v) is 10.5. The van der Waals surface area contributed by atoms with Gasteiger partial charge >= 0.3 is 5.97 Å². The second-order valence-electron chi connectivity index (χ2n) is 5.63. The maximum absolute atomic E-state index is 11.6. The quantitative estimate of drug-likeness (QED) is 0.654. The maximum Gasteiger partial charge on any atom is 0.332 e. The summed E-state index contributed by atoms with van der Waals surface area (Å²) in [5.74, 6) is 1.05. The Bertz CT molecular complexity index is 331. The van der Waals surface area contributed by atoms with Gasteiger partial charge < -0.3 is 15.5 Å². The first-order valence-electron chi connectivity index (χ1n) is 6.74. The number of aliphatic hydroxyl groups is 1. The highest BCUT2D eigenvalue weighted by Gasteiger charge is 2.42. The molecule has 0 aromatic heterocycles. The lowest BCUT2D eigenvalue weighted by Gasteiger charge is -2.20. The van der Waals surface area contributed by atoms with E-state index >= 15 is 0 Å². The smallest absolute Gasteiger partial charge is 0.332 e. The number of rotatable bonds is 6. The van der Waals surface area contributed by atoms with Crippen molar-refractivity contribution < 1.29 is 19.8 Å². The molecule has 2 aliphatic rings. The van der Waals surface area contributed by atoms with Gasteiger partial charge in [0.2, 0.25) is 5.91 Å². The second kappa shape index (κ2) is 5.69. The Labute approximate surface area is 107 Å². The van der Waals surface area contributed by atoms with Gasteiger partial charge in [-0.05, 0) is 43.4 Å². The van der Waals surface area contributed by atoms with E-state index in [2.05, 4.69) is 5.32 Å². The van der Waals surface area contributed by atoms with Gasteiger partial charge in [-0.1, -0.05) is 0 Å². The highest BCUT2D eigenvalue weighted by atomic mass is 16.4. The van der Waals surface area contributed by atoms with Crippen LogP contribution in [-0.4, -0.2) is 34.7 Å². The summed E-state index contributed by atoms with van der Waals surface area (Å²) in [5, 5.41) is 20.2. The molecule has 102 valence electrons. The molecular weight excluding hydrogens is 234 g/mol. The minimum atomic E-state index is -1.38. The lowest BCUT2D eigenvalue weighted by atomic mass is 9.87. The molecule has 0 aliphatic heterocycles. The Morgan fingerprint density at radius 3 is 2.67 bits per heavy atom. The van der Waals surface area contributed by atoms with Crippen LogP contribution in [0.1, 0.15) is 38.5 Å². The van der Waals surface area contributed by atoms with Crippen molar-refractivity contribution in [3.63, 3.8) is 0 Å². The van der Waals surface area contributed by atoms with Crippen molar-refractivity contribution in [3.05, 3.63) is 0 Å². The summed E-state index contributed by atoms with van der Waals surface area (Å²) in [7, 11) is 0. The van der Waals surface area contributed by atoms with Gasteiger partial charge in [0.25, 0.3) is 0 Å². The fourth-order valence-corrected chi connectivity index (χ4v) is 2.94. The summed E-state index contributed by atoms with van der Waals surface area (Å²) in [6.07, 6.45) is 4.17. The number of hydrogen-bond acceptors (Lipinski definition) is 3. The molecule has 5 nitrogen and oxygen atoms in total. The largest absolute Gasteiger partial charge is 0.479 e. The van der Waals surface area contributed by atoms with Crippen LogP contribution in [0.3, 0.4) is 0 Å². The molecule has 0 heterocycles. The SMILES string of the molecule is O=C(CC1CCC2CC2C1)NCC[C@H](O)C(=O)O. The number of fused-ring (bicyclic) bond motifs is 1. The van der Waals surface area contributed by atoms with E-state index in [-0.39, 0.29) is 18.9 Å². The molecule has 3 unspecified atom stereocenters. The number of carbonyl (C=O) groups is 2. The number of aliphatic carboxylic acids is 1. The predicted octanol–water partition coefficient (Wildman–Crippen LogP) is 0.764. The number of nitrogens with one attached hydrogen (secondary N) is 1. The van der Waals surface area contributed by atoms with E-state index in [1.54, 1.807) is 0 Å². The second-order valence-corrected chi connectivity index (χ2v) is 5.63. The molecule has 1 amide bonds. The summed E-state index contributed by atoms with van der Waals surface area (Å²) in [6, 6.07) is 0. The van der Waals surface area contributed by atoms with Crippen molar-refractivity contribution in [2.24, 2.45) is 17.8 Å². The van der Waals surface area contributed by atoms with Gasteiger partial charge in [-0.25, -0.2) is 4.79 Å². The van der Waals surface area contributed by atoms with Gasteiger partial charge in [0, 0.05) is 19.4 Å². The molecular formula is C13H21NO4. The number of carboxylic acid groups (broad SMARTS) is 1. The van der Waals surface area contributed by atoms with Crippen molar-refractivity contribution in [1.82, 2.24) is 5.32 Å². The lowest BCUT2D eigenvalue weighted by Crippen LogP contribution is -2.31. The summed E-state index contributed by atoms with van der Waals surface area (Å²) in [4.78, 5) is 22.0. The average molecular weight is 255 g/mol. The van der Waals surface area contributed by atoms with Crippen molar-refractivity contribution in [3.8, 4) is 0 Å². The summed E-state index contributed by atoms with van der Waals surface area (Å²) in [6.45, 7) is 0.227. The first-order chi connectivity index (χ1) is 8.56. The zero-order chi connectivity index (χ0) is 13.1. The highest BCUT2D eigenvalue weighted by Crippen LogP contribution is 2.51. The standard InChI is InChI=1S/C13H21NO4/c15-11(13(17)18)3-4-14-12(16)6-8-1-2-9-7-10(9)5-8/h8-11,15H,1-7H2,(H,14,16)(H,17,18)/t8?,9?,10?,11-/m0/s1. The molecule has 2 rings (SSSR count). The fraction of sp³-hybridized carbons (Fsp3) is 0.846. The number of hydrogen-bond donors (Lipinski definition) is 3. The van der Waals surface area contributed by atoms with E-state index in [0.717, 1.165) is 18.3 Å². The van der Waals surface area contributed by atoms with Gasteiger partial charge in [-0.15, -0.1) is 0 Å². The summed E-state index contributed by atoms with van der Waals surface area (Å²) in [5.41, 5.74) is 0. The normalized spacial score (nSPS) is 31.3. The van der Waals surface area contributed by atoms with Crippen LogP contribution >= 0.6 is 0 Å². The van der Waals surface area contributed by atoms with Crippen molar-refractivity contribution in [2.75, 3.05) is 6.54 Å². The fourth-order valence-electron chi connectivity index (χ4n) is 2.94. The molecule has 0 saturated heterocycles. The third kappa shape index (κ3) is 3.70. The molecule has 0 bridgehead atoms. The Kier molecular flexibility index (Phi) is 4.22. The Morgan fingerprint density at radius 2 is 2.00 bits per heavy atom. The van der Waals surface area contributed by atoms with Gasteiger partial charge in [0.1, 0.15) is 0 Å². The van der Waals surface area contributed by atoms with E-state index in [9.17, 15) is 9.59 Å². The van der Waals surface area contributed by atoms with Crippen LogP contribution in [0.25, 0.3) is 0 Å². The van der Waals surface area contributed by atoms with Crippen LogP contribution < -0.4 is 5.32 Å². The number of carbonyl (C=O) groups excluding carboxylic acids is 1. The van der Waals surface area contributed by atoms with E-state index in [0.29, 0.717) is 12.3 Å². The first-order valence-corrected chi connectivity index (χ1v) is 6.74. The molecule has 0 aromatic carbocycles. The molecule has 18 heavy (non-hydrogen) atoms. The monoisotopic (exact) mass is 255 g/mol. The first kappa shape index (κ1) is 13.3. The summed E-state index contributed by atoms with van der Waals surface area (Å²) < 4.78 is 0.